The lowest BCUT2D eigenvalue weighted by atomic mass is 10.2. The van der Waals surface area contributed by atoms with Crippen molar-refractivity contribution in [1.82, 2.24) is 0 Å². The molecule has 2 N–H and O–H groups in total. The zero-order valence-electron chi connectivity index (χ0n) is 10.3. The molecule has 0 aliphatic heterocycles. The average molecular weight is 299 g/mol. The molecule has 20 heavy (non-hydrogen) atoms. The molecule has 0 aliphatic carbocycles. The van der Waals surface area contributed by atoms with Crippen molar-refractivity contribution >= 4 is 21.7 Å². The fraction of sp³-hybridized carbons (Fsp3) is 0.0833. The summed E-state index contributed by atoms with van der Waals surface area (Å²) in [5.41, 5.74) is 0.424. The van der Waals surface area contributed by atoms with Crippen molar-refractivity contribution in [3.05, 3.63) is 47.5 Å². The number of aromatic carboxylic acids is 1. The van der Waals surface area contributed by atoms with Gasteiger partial charge in [-0.15, -0.1) is 0 Å². The van der Waals surface area contributed by atoms with Crippen molar-refractivity contribution in [2.45, 2.75) is 12.0 Å². The van der Waals surface area contributed by atoms with Gasteiger partial charge in [0.05, 0.1) is 5.69 Å². The topological polar surface area (TPSA) is 96.6 Å². The summed E-state index contributed by atoms with van der Waals surface area (Å²) in [4.78, 5) is 10.6. The van der Waals surface area contributed by atoms with Gasteiger partial charge in [0.15, 0.2) is 0 Å². The molecule has 1 aromatic heterocycles. The normalized spacial score (nSPS) is 11.3. The van der Waals surface area contributed by atoms with Crippen molar-refractivity contribution in [2.75, 3.05) is 4.72 Å². The van der Waals surface area contributed by atoms with Gasteiger partial charge in [-0.2, -0.15) is 8.42 Å². The number of aryl methyl sites for hydroxylation is 1. The van der Waals surface area contributed by atoms with E-state index >= 15 is 0 Å². The molecule has 0 radical (unpaired) electrons. The summed E-state index contributed by atoms with van der Waals surface area (Å²) in [5, 5.41) is 8.06. The molecule has 0 unspecified atom stereocenters. The third-order valence-electron chi connectivity index (χ3n) is 2.42. The van der Waals surface area contributed by atoms with Gasteiger partial charge < -0.3 is 9.52 Å². The van der Waals surface area contributed by atoms with E-state index in [2.05, 4.69) is 4.42 Å². The molecule has 0 amide bonds. The fourth-order valence-corrected chi connectivity index (χ4v) is 2.49. The first-order chi connectivity index (χ1) is 9.29. The Hall–Kier alpha value is -2.35. The van der Waals surface area contributed by atoms with Crippen LogP contribution in [-0.4, -0.2) is 19.5 Å². The van der Waals surface area contributed by atoms with E-state index in [9.17, 15) is 17.6 Å². The largest absolute Gasteiger partial charge is 0.475 e. The number of carbonyl (C=O) groups is 1. The van der Waals surface area contributed by atoms with Crippen molar-refractivity contribution in [3.8, 4) is 0 Å². The van der Waals surface area contributed by atoms with Crippen LogP contribution >= 0.6 is 0 Å². The van der Waals surface area contributed by atoms with Gasteiger partial charge >= 0.3 is 5.97 Å². The van der Waals surface area contributed by atoms with Gasteiger partial charge in [0.25, 0.3) is 10.0 Å². The van der Waals surface area contributed by atoms with E-state index in [0.717, 1.165) is 18.2 Å². The molecule has 1 heterocycles. The summed E-state index contributed by atoms with van der Waals surface area (Å²) in [6.45, 7) is 1.67. The SMILES string of the molecule is Cc1ccc(F)c(NS(=O)(=O)c2ccc(C(=O)O)o2)c1. The Morgan fingerprint density at radius 3 is 2.60 bits per heavy atom. The summed E-state index contributed by atoms with van der Waals surface area (Å²) in [6.07, 6.45) is 0. The maximum Gasteiger partial charge on any atom is 0.371 e. The third-order valence-corrected chi connectivity index (χ3v) is 3.66. The Labute approximate surface area is 113 Å². The van der Waals surface area contributed by atoms with Crippen molar-refractivity contribution in [3.63, 3.8) is 0 Å². The minimum Gasteiger partial charge on any atom is -0.475 e. The number of hydrogen-bond donors (Lipinski definition) is 2. The molecule has 0 atom stereocenters. The maximum absolute atomic E-state index is 13.5. The second kappa shape index (κ2) is 4.97. The van der Waals surface area contributed by atoms with E-state index < -0.39 is 32.7 Å². The maximum atomic E-state index is 13.5. The van der Waals surface area contributed by atoms with Crippen LogP contribution in [0.15, 0.2) is 39.8 Å². The predicted molar refractivity (Wildman–Crippen MR) is 67.6 cm³/mol. The molecule has 0 fully saturated rings. The molecule has 0 aliphatic rings. The first-order valence-electron chi connectivity index (χ1n) is 5.42. The average Bonchev–Trinajstić information content (AvgIpc) is 2.84. The number of benzene rings is 1. The Balaban J connectivity index is 2.35. The van der Waals surface area contributed by atoms with Crippen LogP contribution in [0, 0.1) is 12.7 Å². The first kappa shape index (κ1) is 14.1. The lowest BCUT2D eigenvalue weighted by Crippen LogP contribution is -2.13. The van der Waals surface area contributed by atoms with Gasteiger partial charge in [0.2, 0.25) is 10.9 Å². The van der Waals surface area contributed by atoms with Gasteiger partial charge in [-0.3, -0.25) is 4.72 Å². The Bertz CT molecular complexity index is 766. The molecule has 2 aromatic rings. The minimum atomic E-state index is -4.19. The first-order valence-corrected chi connectivity index (χ1v) is 6.90. The fourth-order valence-electron chi connectivity index (χ4n) is 1.49. The van der Waals surface area contributed by atoms with E-state index in [0.29, 0.717) is 5.56 Å². The molecule has 1 aromatic carbocycles. The number of anilines is 1. The van der Waals surface area contributed by atoms with Crippen LogP contribution < -0.4 is 4.72 Å². The number of halogens is 1. The number of carboxylic acids is 1. The molecule has 6 nitrogen and oxygen atoms in total. The molecule has 0 spiro atoms. The summed E-state index contributed by atoms with van der Waals surface area (Å²) in [6, 6.07) is 5.91. The molecule has 2 rings (SSSR count). The minimum absolute atomic E-state index is 0.238. The molecule has 0 saturated heterocycles. The second-order valence-corrected chi connectivity index (χ2v) is 5.63. The highest BCUT2D eigenvalue weighted by molar-refractivity contribution is 7.92. The number of furan rings is 1. The Morgan fingerprint density at radius 1 is 1.30 bits per heavy atom. The van der Waals surface area contributed by atoms with E-state index in [4.69, 9.17) is 5.11 Å². The molecular formula is C12H10FNO5S. The molecule has 0 bridgehead atoms. The Kier molecular flexibility index (Phi) is 3.49. The lowest BCUT2D eigenvalue weighted by Gasteiger charge is -2.07. The van der Waals surface area contributed by atoms with E-state index in [1.165, 1.54) is 12.1 Å². The molecule has 106 valence electrons. The number of sulfonamides is 1. The molecule has 0 saturated carbocycles. The number of nitrogens with one attached hydrogen (secondary N) is 1. The summed E-state index contributed by atoms with van der Waals surface area (Å²) in [7, 11) is -4.19. The molecule has 8 heteroatoms. The van der Waals surface area contributed by atoms with Crippen LogP contribution in [0.1, 0.15) is 16.1 Å². The van der Waals surface area contributed by atoms with Crippen molar-refractivity contribution in [2.24, 2.45) is 0 Å². The highest BCUT2D eigenvalue weighted by Crippen LogP contribution is 2.21. The standard InChI is InChI=1S/C12H10FNO5S/c1-7-2-3-8(13)9(6-7)14-20(17,18)11-5-4-10(19-11)12(15)16/h2-6,14H,1H3,(H,15,16). The van der Waals surface area contributed by atoms with E-state index in [-0.39, 0.29) is 5.69 Å². The van der Waals surface area contributed by atoms with Gasteiger partial charge in [-0.1, -0.05) is 6.07 Å². The smallest absolute Gasteiger partial charge is 0.371 e. The van der Waals surface area contributed by atoms with Gasteiger partial charge in [0.1, 0.15) is 5.82 Å². The van der Waals surface area contributed by atoms with Crippen LogP contribution in [0.5, 0.6) is 0 Å². The van der Waals surface area contributed by atoms with Gasteiger partial charge in [0, 0.05) is 0 Å². The van der Waals surface area contributed by atoms with Gasteiger partial charge in [-0.05, 0) is 36.8 Å². The van der Waals surface area contributed by atoms with E-state index in [1.54, 1.807) is 6.92 Å². The highest BCUT2D eigenvalue weighted by atomic mass is 32.2. The van der Waals surface area contributed by atoms with Crippen LogP contribution in [0.3, 0.4) is 0 Å². The van der Waals surface area contributed by atoms with Gasteiger partial charge in [-0.25, -0.2) is 9.18 Å². The summed E-state index contributed by atoms with van der Waals surface area (Å²) >= 11 is 0. The van der Waals surface area contributed by atoms with E-state index in [1.807, 2.05) is 4.72 Å². The third kappa shape index (κ3) is 2.80. The summed E-state index contributed by atoms with van der Waals surface area (Å²) in [5.74, 6) is -2.66. The predicted octanol–water partition coefficient (Wildman–Crippen LogP) is 2.23. The number of hydrogen-bond acceptors (Lipinski definition) is 4. The second-order valence-electron chi connectivity index (χ2n) is 4.01. The van der Waals surface area contributed by atoms with Crippen LogP contribution in [-0.2, 0) is 10.0 Å². The Morgan fingerprint density at radius 2 is 2.00 bits per heavy atom. The molecular weight excluding hydrogens is 289 g/mol. The van der Waals surface area contributed by atoms with Crippen LogP contribution in [0.4, 0.5) is 10.1 Å². The number of rotatable bonds is 4. The zero-order chi connectivity index (χ0) is 14.9. The highest BCUT2D eigenvalue weighted by Gasteiger charge is 2.22. The zero-order valence-corrected chi connectivity index (χ0v) is 11.1. The monoisotopic (exact) mass is 299 g/mol. The van der Waals surface area contributed by atoms with Crippen LogP contribution in [0.25, 0.3) is 0 Å². The van der Waals surface area contributed by atoms with Crippen molar-refractivity contribution < 1.29 is 27.1 Å². The van der Waals surface area contributed by atoms with Crippen LogP contribution in [0.2, 0.25) is 0 Å². The quantitative estimate of drug-likeness (QED) is 0.902. The van der Waals surface area contributed by atoms with Crippen molar-refractivity contribution in [1.29, 1.82) is 0 Å². The number of carboxylic acid groups (broad SMARTS) is 1. The summed E-state index contributed by atoms with van der Waals surface area (Å²) < 4.78 is 44.1. The lowest BCUT2D eigenvalue weighted by molar-refractivity contribution is 0.0656.